The van der Waals surface area contributed by atoms with Crippen LogP contribution in [0.25, 0.3) is 0 Å². The first-order chi connectivity index (χ1) is 15.1. The molecule has 1 saturated heterocycles. The third-order valence-corrected chi connectivity index (χ3v) is 7.26. The molecule has 0 saturated carbocycles. The van der Waals surface area contributed by atoms with Gasteiger partial charge in [-0.3, -0.25) is 4.79 Å². The van der Waals surface area contributed by atoms with Crippen LogP contribution in [0.5, 0.6) is 5.75 Å². The number of aromatic nitrogens is 2. The average Bonchev–Trinajstić information content (AvgIpc) is 3.34. The number of ketones is 1. The van der Waals surface area contributed by atoms with Crippen LogP contribution in [0.2, 0.25) is 0 Å². The molecule has 31 heavy (non-hydrogen) atoms. The maximum atomic E-state index is 12.8. The summed E-state index contributed by atoms with van der Waals surface area (Å²) in [4.78, 5) is 28.3. The quantitative estimate of drug-likeness (QED) is 0.616. The van der Waals surface area contributed by atoms with E-state index in [1.807, 2.05) is 19.1 Å². The van der Waals surface area contributed by atoms with E-state index in [2.05, 4.69) is 39.4 Å². The molecule has 2 aromatic heterocycles. The summed E-state index contributed by atoms with van der Waals surface area (Å²) in [6.07, 6.45) is 1.36. The van der Waals surface area contributed by atoms with Gasteiger partial charge in [-0.1, -0.05) is 12.1 Å². The zero-order valence-corrected chi connectivity index (χ0v) is 18.7. The second-order valence-corrected chi connectivity index (χ2v) is 9.13. The summed E-state index contributed by atoms with van der Waals surface area (Å²) in [7, 11) is 1.70. The smallest absolute Gasteiger partial charge is 0.225 e. The van der Waals surface area contributed by atoms with E-state index in [1.54, 1.807) is 18.4 Å². The highest BCUT2D eigenvalue weighted by molar-refractivity contribution is 7.10. The van der Waals surface area contributed by atoms with Crippen LogP contribution in [0, 0.1) is 6.92 Å². The number of hydrogen-bond acceptors (Lipinski definition) is 7. The Balaban J connectivity index is 1.34. The van der Waals surface area contributed by atoms with Gasteiger partial charge in [-0.05, 0) is 36.9 Å². The molecule has 160 valence electrons. The number of anilines is 2. The minimum atomic E-state index is 0.173. The number of piperazine rings is 1. The SMILES string of the molecule is COc1cccc(N2CCN(c3nc(C)c4c(n3)CC(c3cccs3)CC4=O)CC2)c1. The number of methoxy groups -OCH3 is 1. The Morgan fingerprint density at radius 1 is 1.03 bits per heavy atom. The third kappa shape index (κ3) is 3.90. The monoisotopic (exact) mass is 434 g/mol. The summed E-state index contributed by atoms with van der Waals surface area (Å²) in [6, 6.07) is 12.4. The predicted octanol–water partition coefficient (Wildman–Crippen LogP) is 4.09. The Kier molecular flexibility index (Phi) is 5.36. The zero-order chi connectivity index (χ0) is 21.4. The molecule has 0 radical (unpaired) electrons. The summed E-state index contributed by atoms with van der Waals surface area (Å²) in [5.41, 5.74) is 3.63. The van der Waals surface area contributed by atoms with Crippen LogP contribution in [0.4, 0.5) is 11.6 Å². The number of ether oxygens (including phenoxy) is 1. The minimum absolute atomic E-state index is 0.173. The highest BCUT2D eigenvalue weighted by Gasteiger charge is 2.31. The highest BCUT2D eigenvalue weighted by Crippen LogP contribution is 2.35. The number of nitrogens with zero attached hydrogens (tertiary/aromatic N) is 4. The van der Waals surface area contributed by atoms with Crippen molar-refractivity contribution < 1.29 is 9.53 Å². The lowest BCUT2D eigenvalue weighted by atomic mass is 9.84. The van der Waals surface area contributed by atoms with E-state index < -0.39 is 0 Å². The molecule has 1 unspecified atom stereocenters. The van der Waals surface area contributed by atoms with Crippen LogP contribution < -0.4 is 14.5 Å². The normalized spacial score (nSPS) is 18.8. The Morgan fingerprint density at radius 2 is 1.84 bits per heavy atom. The number of hydrogen-bond donors (Lipinski definition) is 0. The van der Waals surface area contributed by atoms with Crippen molar-refractivity contribution in [2.45, 2.75) is 25.7 Å². The number of rotatable bonds is 4. The van der Waals surface area contributed by atoms with Gasteiger partial charge in [0.15, 0.2) is 5.78 Å². The number of benzene rings is 1. The molecule has 1 aliphatic heterocycles. The first-order valence-corrected chi connectivity index (χ1v) is 11.6. The maximum absolute atomic E-state index is 12.8. The topological polar surface area (TPSA) is 58.6 Å². The Labute approximate surface area is 186 Å². The van der Waals surface area contributed by atoms with Gasteiger partial charge in [0.2, 0.25) is 5.95 Å². The van der Waals surface area contributed by atoms with E-state index >= 15 is 0 Å². The molecule has 0 N–H and O–H groups in total. The first kappa shape index (κ1) is 20.0. The van der Waals surface area contributed by atoms with Crippen LogP contribution in [-0.4, -0.2) is 49.0 Å². The van der Waals surface area contributed by atoms with Gasteiger partial charge in [-0.25, -0.2) is 9.97 Å². The molecule has 2 aliphatic rings. The Hall–Kier alpha value is -2.93. The van der Waals surface area contributed by atoms with E-state index in [9.17, 15) is 4.79 Å². The molecule has 6 nitrogen and oxygen atoms in total. The minimum Gasteiger partial charge on any atom is -0.497 e. The van der Waals surface area contributed by atoms with Crippen molar-refractivity contribution in [2.75, 3.05) is 43.1 Å². The van der Waals surface area contributed by atoms with Gasteiger partial charge in [0.25, 0.3) is 0 Å². The fourth-order valence-corrected chi connectivity index (χ4v) is 5.43. The van der Waals surface area contributed by atoms with Crippen molar-refractivity contribution in [3.8, 4) is 5.75 Å². The molecule has 0 spiro atoms. The lowest BCUT2D eigenvalue weighted by molar-refractivity contribution is 0.0962. The van der Waals surface area contributed by atoms with Crippen LogP contribution in [0.3, 0.4) is 0 Å². The van der Waals surface area contributed by atoms with E-state index in [0.29, 0.717) is 6.42 Å². The molecule has 1 fully saturated rings. The number of carbonyl (C=O) groups excluding carboxylic acids is 1. The van der Waals surface area contributed by atoms with E-state index in [0.717, 1.165) is 61.2 Å². The molecule has 0 bridgehead atoms. The molecule has 1 atom stereocenters. The van der Waals surface area contributed by atoms with Crippen LogP contribution in [0.15, 0.2) is 41.8 Å². The van der Waals surface area contributed by atoms with Gasteiger partial charge in [0, 0.05) is 55.1 Å². The Bertz CT molecular complexity index is 1090. The van der Waals surface area contributed by atoms with E-state index in [-0.39, 0.29) is 11.7 Å². The number of Topliss-reactive ketones (excluding diaryl/α,β-unsaturated/α-hetero) is 1. The summed E-state index contributed by atoms with van der Waals surface area (Å²) >= 11 is 1.72. The second-order valence-electron chi connectivity index (χ2n) is 8.15. The summed E-state index contributed by atoms with van der Waals surface area (Å²) in [5, 5.41) is 2.08. The zero-order valence-electron chi connectivity index (χ0n) is 17.9. The molecular weight excluding hydrogens is 408 g/mol. The lowest BCUT2D eigenvalue weighted by Crippen LogP contribution is -2.47. The summed E-state index contributed by atoms with van der Waals surface area (Å²) in [5.74, 6) is 2.03. The second kappa shape index (κ2) is 8.30. The highest BCUT2D eigenvalue weighted by atomic mass is 32.1. The van der Waals surface area contributed by atoms with Crippen LogP contribution >= 0.6 is 11.3 Å². The molecule has 3 heterocycles. The van der Waals surface area contributed by atoms with Gasteiger partial charge >= 0.3 is 0 Å². The number of thiophene rings is 1. The summed E-state index contributed by atoms with van der Waals surface area (Å²) < 4.78 is 5.36. The van der Waals surface area contributed by atoms with Crippen molar-refractivity contribution in [1.82, 2.24) is 9.97 Å². The average molecular weight is 435 g/mol. The van der Waals surface area contributed by atoms with Crippen LogP contribution in [0.1, 0.15) is 39.0 Å². The van der Waals surface area contributed by atoms with Gasteiger partial charge in [-0.2, -0.15) is 0 Å². The van der Waals surface area contributed by atoms with Gasteiger partial charge in [-0.15, -0.1) is 11.3 Å². The van der Waals surface area contributed by atoms with Crippen molar-refractivity contribution in [3.63, 3.8) is 0 Å². The van der Waals surface area contributed by atoms with E-state index in [4.69, 9.17) is 14.7 Å². The molecule has 5 rings (SSSR count). The first-order valence-electron chi connectivity index (χ1n) is 10.7. The number of aryl methyl sites for hydroxylation is 1. The molecule has 0 amide bonds. The van der Waals surface area contributed by atoms with Gasteiger partial charge in [0.05, 0.1) is 24.1 Å². The molecule has 3 aromatic rings. The standard InChI is InChI=1S/C24H26N4O2S/c1-16-23-20(13-17(14-21(23)29)22-7-4-12-31-22)26-24(25-16)28-10-8-27(9-11-28)18-5-3-6-19(15-18)30-2/h3-7,12,15,17H,8-11,13-14H2,1-2H3. The molecule has 7 heteroatoms. The fourth-order valence-electron chi connectivity index (χ4n) is 4.60. The summed E-state index contributed by atoms with van der Waals surface area (Å²) in [6.45, 7) is 5.42. The Morgan fingerprint density at radius 3 is 2.58 bits per heavy atom. The van der Waals surface area contributed by atoms with Crippen LogP contribution in [-0.2, 0) is 6.42 Å². The van der Waals surface area contributed by atoms with Gasteiger partial charge in [0.1, 0.15) is 5.75 Å². The molecule has 1 aromatic carbocycles. The third-order valence-electron chi connectivity index (χ3n) is 6.23. The van der Waals surface area contributed by atoms with Gasteiger partial charge < -0.3 is 14.5 Å². The van der Waals surface area contributed by atoms with Crippen molar-refractivity contribution in [3.05, 3.63) is 63.6 Å². The van der Waals surface area contributed by atoms with E-state index in [1.165, 1.54) is 10.6 Å². The number of carbonyl (C=O) groups is 1. The molecule has 1 aliphatic carbocycles. The van der Waals surface area contributed by atoms with Crippen molar-refractivity contribution in [2.24, 2.45) is 0 Å². The maximum Gasteiger partial charge on any atom is 0.225 e. The van der Waals surface area contributed by atoms with Crippen molar-refractivity contribution in [1.29, 1.82) is 0 Å². The number of fused-ring (bicyclic) bond motifs is 1. The van der Waals surface area contributed by atoms with Crippen molar-refractivity contribution >= 4 is 28.8 Å². The predicted molar refractivity (Wildman–Crippen MR) is 124 cm³/mol. The fraction of sp³-hybridized carbons (Fsp3) is 0.375. The lowest BCUT2D eigenvalue weighted by Gasteiger charge is -2.36. The molecular formula is C24H26N4O2S. The largest absolute Gasteiger partial charge is 0.497 e.